The lowest BCUT2D eigenvalue weighted by Gasteiger charge is -2.16. The van der Waals surface area contributed by atoms with Gasteiger partial charge in [0.2, 0.25) is 0 Å². The highest BCUT2D eigenvalue weighted by Gasteiger charge is 2.41. The smallest absolute Gasteiger partial charge is 0.142 e. The van der Waals surface area contributed by atoms with Gasteiger partial charge in [-0.1, -0.05) is 0 Å². The van der Waals surface area contributed by atoms with E-state index in [9.17, 15) is 0 Å². The van der Waals surface area contributed by atoms with Crippen LogP contribution in [0.15, 0.2) is 18.3 Å². The number of ether oxygens (including phenoxy) is 1. The van der Waals surface area contributed by atoms with Gasteiger partial charge in [-0.05, 0) is 36.8 Å². The van der Waals surface area contributed by atoms with Crippen LogP contribution in [-0.4, -0.2) is 25.2 Å². The van der Waals surface area contributed by atoms with Gasteiger partial charge in [-0.2, -0.15) is 5.26 Å². The molecule has 0 saturated heterocycles. The summed E-state index contributed by atoms with van der Waals surface area (Å²) < 4.78 is 5.13. The molecule has 1 fully saturated rings. The fourth-order valence-corrected chi connectivity index (χ4v) is 1.90. The van der Waals surface area contributed by atoms with E-state index in [1.807, 2.05) is 12.1 Å². The maximum atomic E-state index is 8.76. The molecule has 1 aromatic rings. The van der Waals surface area contributed by atoms with E-state index in [1.165, 1.54) is 12.8 Å². The summed E-state index contributed by atoms with van der Waals surface area (Å²) in [6, 6.07) is 5.72. The van der Waals surface area contributed by atoms with Gasteiger partial charge >= 0.3 is 0 Å². The quantitative estimate of drug-likeness (QED) is 0.815. The second kappa shape index (κ2) is 5.15. The highest BCUT2D eigenvalue weighted by Crippen LogP contribution is 2.48. The van der Waals surface area contributed by atoms with Crippen LogP contribution in [0.25, 0.3) is 0 Å². The molecule has 0 radical (unpaired) electrons. The molecule has 0 spiro atoms. The lowest BCUT2D eigenvalue weighted by molar-refractivity contribution is 0.175. The molecule has 4 nitrogen and oxygen atoms in total. The van der Waals surface area contributed by atoms with Crippen molar-refractivity contribution in [2.24, 2.45) is 5.41 Å². The third-order valence-corrected chi connectivity index (χ3v) is 3.34. The number of anilines is 1. The zero-order valence-electron chi connectivity index (χ0n) is 10.1. The van der Waals surface area contributed by atoms with Crippen molar-refractivity contribution >= 4 is 5.69 Å². The largest absolute Gasteiger partial charge is 0.385 e. The van der Waals surface area contributed by atoms with Crippen LogP contribution in [0.5, 0.6) is 0 Å². The van der Waals surface area contributed by atoms with Crippen LogP contribution < -0.4 is 5.32 Å². The van der Waals surface area contributed by atoms with Gasteiger partial charge < -0.3 is 10.1 Å². The second-order valence-electron chi connectivity index (χ2n) is 4.64. The SMILES string of the molecule is COCCC1(CNc2ccnc(C#N)c2)CC1. The number of nitrogens with zero attached hydrogens (tertiary/aromatic N) is 2. The Morgan fingerprint density at radius 3 is 3.06 bits per heavy atom. The molecule has 1 heterocycles. The maximum Gasteiger partial charge on any atom is 0.142 e. The molecule has 90 valence electrons. The molecule has 1 N–H and O–H groups in total. The van der Waals surface area contributed by atoms with E-state index in [0.717, 1.165) is 25.3 Å². The third kappa shape index (κ3) is 3.18. The van der Waals surface area contributed by atoms with E-state index in [-0.39, 0.29) is 0 Å². The summed E-state index contributed by atoms with van der Waals surface area (Å²) in [4.78, 5) is 3.95. The normalized spacial score (nSPS) is 16.2. The van der Waals surface area contributed by atoms with E-state index in [2.05, 4.69) is 10.3 Å². The van der Waals surface area contributed by atoms with Crippen LogP contribution in [0, 0.1) is 16.7 Å². The number of methoxy groups -OCH3 is 1. The molecule has 1 aliphatic rings. The van der Waals surface area contributed by atoms with Crippen LogP contribution >= 0.6 is 0 Å². The van der Waals surface area contributed by atoms with Crippen molar-refractivity contribution < 1.29 is 4.74 Å². The zero-order chi connectivity index (χ0) is 12.1. The van der Waals surface area contributed by atoms with Gasteiger partial charge in [-0.25, -0.2) is 4.98 Å². The van der Waals surface area contributed by atoms with Gasteiger partial charge in [0.05, 0.1) is 0 Å². The number of hydrogen-bond acceptors (Lipinski definition) is 4. The summed E-state index contributed by atoms with van der Waals surface area (Å²) in [7, 11) is 1.74. The first-order valence-electron chi connectivity index (χ1n) is 5.87. The molecule has 2 rings (SSSR count). The molecule has 0 bridgehead atoms. The lowest BCUT2D eigenvalue weighted by atomic mass is 10.0. The maximum absolute atomic E-state index is 8.76. The Labute approximate surface area is 102 Å². The fourth-order valence-electron chi connectivity index (χ4n) is 1.90. The summed E-state index contributed by atoms with van der Waals surface area (Å²) in [5, 5.41) is 12.1. The van der Waals surface area contributed by atoms with Crippen molar-refractivity contribution in [3.63, 3.8) is 0 Å². The first-order valence-corrected chi connectivity index (χ1v) is 5.87. The van der Waals surface area contributed by atoms with Gasteiger partial charge in [0.1, 0.15) is 11.8 Å². The second-order valence-corrected chi connectivity index (χ2v) is 4.64. The molecule has 0 amide bonds. The standard InChI is InChI=1S/C13H17N3O/c1-17-7-5-13(3-4-13)10-16-11-2-6-15-12(8-11)9-14/h2,6,8H,3-5,7,10H2,1H3,(H,15,16). The van der Waals surface area contributed by atoms with E-state index < -0.39 is 0 Å². The van der Waals surface area contributed by atoms with Crippen molar-refractivity contribution in [3.05, 3.63) is 24.0 Å². The van der Waals surface area contributed by atoms with Crippen LogP contribution in [0.1, 0.15) is 25.0 Å². The van der Waals surface area contributed by atoms with Crippen molar-refractivity contribution in [2.45, 2.75) is 19.3 Å². The van der Waals surface area contributed by atoms with E-state index in [4.69, 9.17) is 10.00 Å². The van der Waals surface area contributed by atoms with Gasteiger partial charge in [0.15, 0.2) is 0 Å². The molecule has 0 unspecified atom stereocenters. The summed E-state index contributed by atoms with van der Waals surface area (Å²) in [5.41, 5.74) is 1.84. The molecule has 0 atom stereocenters. The first-order chi connectivity index (χ1) is 8.28. The van der Waals surface area contributed by atoms with Crippen molar-refractivity contribution in [3.8, 4) is 6.07 Å². The molecular weight excluding hydrogens is 214 g/mol. The monoisotopic (exact) mass is 231 g/mol. The number of nitriles is 1. The molecule has 17 heavy (non-hydrogen) atoms. The van der Waals surface area contributed by atoms with E-state index >= 15 is 0 Å². The predicted octanol–water partition coefficient (Wildman–Crippen LogP) is 2.18. The average Bonchev–Trinajstić information content (AvgIpc) is 3.15. The Morgan fingerprint density at radius 1 is 1.59 bits per heavy atom. The van der Waals surface area contributed by atoms with Crippen molar-refractivity contribution in [1.29, 1.82) is 5.26 Å². The number of hydrogen-bond donors (Lipinski definition) is 1. The van der Waals surface area contributed by atoms with E-state index in [1.54, 1.807) is 19.4 Å². The highest BCUT2D eigenvalue weighted by molar-refractivity contribution is 5.46. The van der Waals surface area contributed by atoms with Crippen LogP contribution in [0.4, 0.5) is 5.69 Å². The summed E-state index contributed by atoms with van der Waals surface area (Å²) >= 11 is 0. The lowest BCUT2D eigenvalue weighted by Crippen LogP contribution is -2.17. The number of pyridine rings is 1. The molecule has 0 aromatic carbocycles. The predicted molar refractivity (Wildman–Crippen MR) is 65.6 cm³/mol. The summed E-state index contributed by atoms with van der Waals surface area (Å²) in [5.74, 6) is 0. The average molecular weight is 231 g/mol. The molecule has 1 saturated carbocycles. The molecule has 1 aromatic heterocycles. The minimum atomic E-state index is 0.409. The van der Waals surface area contributed by atoms with E-state index in [0.29, 0.717) is 11.1 Å². The number of nitrogens with one attached hydrogen (secondary N) is 1. The highest BCUT2D eigenvalue weighted by atomic mass is 16.5. The Kier molecular flexibility index (Phi) is 3.60. The molecular formula is C13H17N3O. The minimum absolute atomic E-state index is 0.409. The van der Waals surface area contributed by atoms with Gasteiger partial charge in [-0.3, -0.25) is 0 Å². The van der Waals surface area contributed by atoms with Crippen molar-refractivity contribution in [2.75, 3.05) is 25.6 Å². The van der Waals surface area contributed by atoms with Crippen LogP contribution in [-0.2, 0) is 4.74 Å². The van der Waals surface area contributed by atoms with Gasteiger partial charge in [0.25, 0.3) is 0 Å². The summed E-state index contributed by atoms with van der Waals surface area (Å²) in [6.07, 6.45) is 5.29. The third-order valence-electron chi connectivity index (χ3n) is 3.34. The molecule has 4 heteroatoms. The number of aromatic nitrogens is 1. The first kappa shape index (κ1) is 11.9. The van der Waals surface area contributed by atoms with Crippen molar-refractivity contribution in [1.82, 2.24) is 4.98 Å². The Morgan fingerprint density at radius 2 is 2.41 bits per heavy atom. The fraction of sp³-hybridized carbons (Fsp3) is 0.538. The van der Waals surface area contributed by atoms with Crippen LogP contribution in [0.3, 0.4) is 0 Å². The molecule has 0 aliphatic heterocycles. The molecule has 1 aliphatic carbocycles. The topological polar surface area (TPSA) is 57.9 Å². The Hall–Kier alpha value is -1.60. The zero-order valence-corrected chi connectivity index (χ0v) is 10.1. The Bertz CT molecular complexity index is 421. The van der Waals surface area contributed by atoms with Crippen LogP contribution in [0.2, 0.25) is 0 Å². The van der Waals surface area contributed by atoms with Gasteiger partial charge in [0, 0.05) is 32.1 Å². The van der Waals surface area contributed by atoms with Gasteiger partial charge in [-0.15, -0.1) is 0 Å². The summed E-state index contributed by atoms with van der Waals surface area (Å²) in [6.45, 7) is 1.77. The Balaban J connectivity index is 1.87. The minimum Gasteiger partial charge on any atom is -0.385 e. The number of rotatable bonds is 6.